The maximum absolute atomic E-state index is 13.4. The van der Waals surface area contributed by atoms with E-state index in [4.69, 9.17) is 4.42 Å². The van der Waals surface area contributed by atoms with Gasteiger partial charge in [-0.25, -0.2) is 4.98 Å². The van der Waals surface area contributed by atoms with Gasteiger partial charge in [0.2, 0.25) is 0 Å². The molecule has 1 aromatic carbocycles. The van der Waals surface area contributed by atoms with Crippen LogP contribution in [0.2, 0.25) is 0 Å². The summed E-state index contributed by atoms with van der Waals surface area (Å²) < 4.78 is 7.13. The minimum Gasteiger partial charge on any atom is -0.463 e. The molecule has 8 nitrogen and oxygen atoms in total. The number of aryl methyl sites for hydroxylation is 2. The van der Waals surface area contributed by atoms with Crippen molar-refractivity contribution < 1.29 is 14.0 Å². The van der Waals surface area contributed by atoms with E-state index in [-0.39, 0.29) is 17.9 Å². The summed E-state index contributed by atoms with van der Waals surface area (Å²) in [5.74, 6) is 0.0223. The van der Waals surface area contributed by atoms with Gasteiger partial charge in [0, 0.05) is 13.1 Å². The van der Waals surface area contributed by atoms with Crippen LogP contribution in [0.4, 0.5) is 5.69 Å². The van der Waals surface area contributed by atoms with E-state index in [1.54, 1.807) is 60.5 Å². The summed E-state index contributed by atoms with van der Waals surface area (Å²) in [6.07, 6.45) is 3.54. The molecule has 0 spiro atoms. The van der Waals surface area contributed by atoms with Gasteiger partial charge in [0.15, 0.2) is 11.4 Å². The molecule has 0 bridgehead atoms. The number of hydrogen-bond donors (Lipinski definition) is 2. The van der Waals surface area contributed by atoms with Crippen LogP contribution in [0.5, 0.6) is 0 Å². The van der Waals surface area contributed by atoms with Gasteiger partial charge < -0.3 is 15.1 Å². The van der Waals surface area contributed by atoms with Gasteiger partial charge >= 0.3 is 0 Å². The van der Waals surface area contributed by atoms with Crippen LogP contribution in [0.15, 0.2) is 53.1 Å². The topological polar surface area (TPSA) is 102 Å². The van der Waals surface area contributed by atoms with Crippen molar-refractivity contribution in [3.63, 3.8) is 0 Å². The summed E-state index contributed by atoms with van der Waals surface area (Å²) in [6.45, 7) is 1.84. The predicted octanol–water partition coefficient (Wildman–Crippen LogP) is 3.68. The summed E-state index contributed by atoms with van der Waals surface area (Å²) in [6, 6.07) is 12.5. The average Bonchev–Trinajstić information content (AvgIpc) is 3.30. The number of nitrogens with one attached hydrogen (secondary N) is 2. The van der Waals surface area contributed by atoms with E-state index in [0.29, 0.717) is 45.0 Å². The standard InChI is InChI=1S/C23H21N5O3/c1-13-20-16(12-18(19-8-5-11-31-19)25-21(20)28(2)27-13)23(30)26-17-7-4-3-6-15(17)22(29)24-14-9-10-14/h3-8,11-12,14H,9-10H2,1-2H3,(H,24,29)(H,26,30). The second-order valence-corrected chi connectivity index (χ2v) is 7.69. The van der Waals surface area contributed by atoms with Gasteiger partial charge in [-0.05, 0) is 50.1 Å². The lowest BCUT2D eigenvalue weighted by Crippen LogP contribution is -2.27. The average molecular weight is 415 g/mol. The smallest absolute Gasteiger partial charge is 0.256 e. The Balaban J connectivity index is 1.55. The SMILES string of the molecule is Cc1nn(C)c2nc(-c3ccco3)cc(C(=O)Nc3ccccc3C(=O)NC3CC3)c12. The Kier molecular flexibility index (Phi) is 4.54. The molecule has 31 heavy (non-hydrogen) atoms. The summed E-state index contributed by atoms with van der Waals surface area (Å²) in [4.78, 5) is 30.6. The zero-order chi connectivity index (χ0) is 21.5. The molecule has 3 heterocycles. The van der Waals surface area contributed by atoms with Crippen molar-refractivity contribution in [1.29, 1.82) is 0 Å². The molecule has 156 valence electrons. The van der Waals surface area contributed by atoms with E-state index in [2.05, 4.69) is 20.7 Å². The number of hydrogen-bond acceptors (Lipinski definition) is 5. The third kappa shape index (κ3) is 3.56. The number of benzene rings is 1. The Morgan fingerprint density at radius 2 is 1.90 bits per heavy atom. The Morgan fingerprint density at radius 3 is 2.65 bits per heavy atom. The highest BCUT2D eigenvalue weighted by atomic mass is 16.3. The number of furan rings is 1. The molecule has 4 aromatic rings. The van der Waals surface area contributed by atoms with Crippen molar-refractivity contribution >= 4 is 28.5 Å². The fourth-order valence-electron chi connectivity index (χ4n) is 3.65. The van der Waals surface area contributed by atoms with Gasteiger partial charge in [-0.3, -0.25) is 14.3 Å². The van der Waals surface area contributed by atoms with Crippen LogP contribution in [0.3, 0.4) is 0 Å². The molecule has 0 aliphatic heterocycles. The molecule has 8 heteroatoms. The zero-order valence-corrected chi connectivity index (χ0v) is 17.2. The molecule has 1 fully saturated rings. The quantitative estimate of drug-likeness (QED) is 0.518. The second kappa shape index (κ2) is 7.39. The molecule has 2 N–H and O–H groups in total. The van der Waals surface area contributed by atoms with Crippen LogP contribution in [-0.2, 0) is 7.05 Å². The number of rotatable bonds is 5. The Hall–Kier alpha value is -3.94. The van der Waals surface area contributed by atoms with Gasteiger partial charge in [0.25, 0.3) is 11.8 Å². The van der Waals surface area contributed by atoms with Gasteiger partial charge in [-0.2, -0.15) is 5.10 Å². The van der Waals surface area contributed by atoms with Gasteiger partial charge in [-0.1, -0.05) is 12.1 Å². The maximum atomic E-state index is 13.4. The van der Waals surface area contributed by atoms with Crippen LogP contribution in [0.1, 0.15) is 39.3 Å². The molecule has 1 aliphatic rings. The van der Waals surface area contributed by atoms with Gasteiger partial charge in [0.1, 0.15) is 5.69 Å². The number of nitrogens with zero attached hydrogens (tertiary/aromatic N) is 3. The molecule has 5 rings (SSSR count). The first-order valence-electron chi connectivity index (χ1n) is 10.1. The molecule has 1 saturated carbocycles. The lowest BCUT2D eigenvalue weighted by Gasteiger charge is -2.12. The zero-order valence-electron chi connectivity index (χ0n) is 17.2. The lowest BCUT2D eigenvalue weighted by atomic mass is 10.1. The summed E-state index contributed by atoms with van der Waals surface area (Å²) in [5.41, 5.74) is 3.11. The second-order valence-electron chi connectivity index (χ2n) is 7.69. The molecular weight excluding hydrogens is 394 g/mol. The molecule has 0 radical (unpaired) electrons. The third-order valence-electron chi connectivity index (χ3n) is 5.32. The van der Waals surface area contributed by atoms with Crippen LogP contribution in [0, 0.1) is 6.92 Å². The van der Waals surface area contributed by atoms with Crippen molar-refractivity contribution in [2.75, 3.05) is 5.32 Å². The monoisotopic (exact) mass is 415 g/mol. The summed E-state index contributed by atoms with van der Waals surface area (Å²) in [7, 11) is 1.79. The van der Waals surface area contributed by atoms with Crippen molar-refractivity contribution in [3.8, 4) is 11.5 Å². The number of anilines is 1. The molecular formula is C23H21N5O3. The molecule has 0 atom stereocenters. The van der Waals surface area contributed by atoms with E-state index in [1.165, 1.54) is 0 Å². The van der Waals surface area contributed by atoms with Gasteiger partial charge in [-0.15, -0.1) is 0 Å². The number of amides is 2. The van der Waals surface area contributed by atoms with Crippen LogP contribution in [0.25, 0.3) is 22.5 Å². The number of fused-ring (bicyclic) bond motifs is 1. The van der Waals surface area contributed by atoms with E-state index < -0.39 is 0 Å². The number of pyridine rings is 1. The normalized spacial score (nSPS) is 13.4. The molecule has 3 aromatic heterocycles. The minimum absolute atomic E-state index is 0.188. The van der Waals surface area contributed by atoms with Crippen molar-refractivity contribution in [1.82, 2.24) is 20.1 Å². The van der Waals surface area contributed by atoms with Crippen molar-refractivity contribution in [3.05, 3.63) is 65.5 Å². The van der Waals surface area contributed by atoms with E-state index >= 15 is 0 Å². The number of carbonyl (C=O) groups is 2. The number of aromatic nitrogens is 3. The maximum Gasteiger partial charge on any atom is 0.256 e. The highest BCUT2D eigenvalue weighted by Crippen LogP contribution is 2.28. The fraction of sp³-hybridized carbons (Fsp3) is 0.217. The van der Waals surface area contributed by atoms with E-state index in [0.717, 1.165) is 12.8 Å². The highest BCUT2D eigenvalue weighted by Gasteiger charge is 2.26. The molecule has 2 amide bonds. The van der Waals surface area contributed by atoms with Crippen LogP contribution in [-0.4, -0.2) is 32.6 Å². The van der Waals surface area contributed by atoms with Crippen molar-refractivity contribution in [2.24, 2.45) is 7.05 Å². The lowest BCUT2D eigenvalue weighted by molar-refractivity contribution is 0.0952. The first kappa shape index (κ1) is 19.0. The van der Waals surface area contributed by atoms with E-state index in [9.17, 15) is 9.59 Å². The Bertz CT molecular complexity index is 1300. The van der Waals surface area contributed by atoms with Crippen LogP contribution >= 0.6 is 0 Å². The first-order chi connectivity index (χ1) is 15.0. The highest BCUT2D eigenvalue weighted by molar-refractivity contribution is 6.15. The molecule has 0 unspecified atom stereocenters. The van der Waals surface area contributed by atoms with Crippen LogP contribution < -0.4 is 10.6 Å². The molecule has 0 saturated heterocycles. The van der Waals surface area contributed by atoms with E-state index in [1.807, 2.05) is 6.92 Å². The fourth-order valence-corrected chi connectivity index (χ4v) is 3.65. The Labute approximate surface area is 178 Å². The number of para-hydroxylation sites is 1. The minimum atomic E-state index is -0.344. The predicted molar refractivity (Wildman–Crippen MR) is 116 cm³/mol. The number of carbonyl (C=O) groups excluding carboxylic acids is 2. The van der Waals surface area contributed by atoms with Crippen molar-refractivity contribution in [2.45, 2.75) is 25.8 Å². The summed E-state index contributed by atoms with van der Waals surface area (Å²) >= 11 is 0. The third-order valence-corrected chi connectivity index (χ3v) is 5.32. The molecule has 1 aliphatic carbocycles. The Morgan fingerprint density at radius 1 is 1.10 bits per heavy atom. The summed E-state index contributed by atoms with van der Waals surface area (Å²) in [5, 5.41) is 11.0. The first-order valence-corrected chi connectivity index (χ1v) is 10.1. The largest absolute Gasteiger partial charge is 0.463 e. The van der Waals surface area contributed by atoms with Gasteiger partial charge in [0.05, 0.1) is 34.2 Å².